The standard InChI is InChI=1S/C10H14FNO3/c1-5(12)10(14)6-3-9(15-2)7(11)4-8(6)13/h3-5,10,13-14H,12H2,1-2H3. The fourth-order valence-electron chi connectivity index (χ4n) is 1.24. The van der Waals surface area contributed by atoms with Crippen LogP contribution in [0.25, 0.3) is 0 Å². The zero-order chi connectivity index (χ0) is 11.6. The van der Waals surface area contributed by atoms with Gasteiger partial charge in [-0.1, -0.05) is 0 Å². The predicted octanol–water partition coefficient (Wildman–Crippen LogP) is 0.920. The number of hydrogen-bond donors (Lipinski definition) is 3. The van der Waals surface area contributed by atoms with E-state index in [0.717, 1.165) is 6.07 Å². The van der Waals surface area contributed by atoms with Crippen molar-refractivity contribution in [1.82, 2.24) is 0 Å². The number of methoxy groups -OCH3 is 1. The van der Waals surface area contributed by atoms with Gasteiger partial charge < -0.3 is 20.7 Å². The Kier molecular flexibility index (Phi) is 3.49. The van der Waals surface area contributed by atoms with Crippen molar-refractivity contribution < 1.29 is 19.3 Å². The van der Waals surface area contributed by atoms with E-state index < -0.39 is 18.0 Å². The summed E-state index contributed by atoms with van der Waals surface area (Å²) in [5.41, 5.74) is 5.63. The zero-order valence-electron chi connectivity index (χ0n) is 8.57. The highest BCUT2D eigenvalue weighted by atomic mass is 19.1. The first-order valence-electron chi connectivity index (χ1n) is 4.47. The van der Waals surface area contributed by atoms with Crippen LogP contribution in [0, 0.1) is 5.82 Å². The molecule has 5 heteroatoms. The minimum absolute atomic E-state index is 0.0394. The highest BCUT2D eigenvalue weighted by molar-refractivity contribution is 5.42. The van der Waals surface area contributed by atoms with Gasteiger partial charge in [0.1, 0.15) is 5.75 Å². The molecule has 84 valence electrons. The maximum Gasteiger partial charge on any atom is 0.168 e. The Balaban J connectivity index is 3.18. The van der Waals surface area contributed by atoms with Gasteiger partial charge in [0.2, 0.25) is 0 Å². The van der Waals surface area contributed by atoms with Crippen LogP contribution in [0.4, 0.5) is 4.39 Å². The molecule has 0 saturated heterocycles. The van der Waals surface area contributed by atoms with Crippen molar-refractivity contribution in [3.05, 3.63) is 23.5 Å². The second-order valence-corrected chi connectivity index (χ2v) is 3.35. The SMILES string of the molecule is COc1cc(C(O)C(C)N)c(O)cc1F. The molecule has 15 heavy (non-hydrogen) atoms. The number of halogens is 1. The fourth-order valence-corrected chi connectivity index (χ4v) is 1.24. The molecule has 0 aliphatic rings. The minimum atomic E-state index is -1.06. The molecule has 0 amide bonds. The maximum atomic E-state index is 13.1. The lowest BCUT2D eigenvalue weighted by Gasteiger charge is -2.17. The Bertz CT molecular complexity index is 355. The average Bonchev–Trinajstić information content (AvgIpc) is 2.17. The quantitative estimate of drug-likeness (QED) is 0.700. The van der Waals surface area contributed by atoms with Crippen LogP contribution >= 0.6 is 0 Å². The summed E-state index contributed by atoms with van der Waals surface area (Å²) < 4.78 is 17.8. The Hall–Kier alpha value is -1.33. The van der Waals surface area contributed by atoms with Crippen molar-refractivity contribution >= 4 is 0 Å². The van der Waals surface area contributed by atoms with Crippen LogP contribution in [0.2, 0.25) is 0 Å². The zero-order valence-corrected chi connectivity index (χ0v) is 8.57. The van der Waals surface area contributed by atoms with Gasteiger partial charge in [0.25, 0.3) is 0 Å². The van der Waals surface area contributed by atoms with E-state index in [4.69, 9.17) is 10.5 Å². The number of aromatic hydroxyl groups is 1. The van der Waals surface area contributed by atoms with Crippen molar-refractivity contribution in [3.8, 4) is 11.5 Å². The van der Waals surface area contributed by atoms with E-state index in [0.29, 0.717) is 0 Å². The lowest BCUT2D eigenvalue weighted by atomic mass is 10.0. The summed E-state index contributed by atoms with van der Waals surface area (Å²) >= 11 is 0. The van der Waals surface area contributed by atoms with Crippen LogP contribution < -0.4 is 10.5 Å². The molecule has 0 aliphatic heterocycles. The lowest BCUT2D eigenvalue weighted by Crippen LogP contribution is -2.24. The van der Waals surface area contributed by atoms with E-state index in [1.54, 1.807) is 6.92 Å². The molecular formula is C10H14FNO3. The van der Waals surface area contributed by atoms with Crippen LogP contribution in [0.3, 0.4) is 0 Å². The largest absolute Gasteiger partial charge is 0.507 e. The number of aliphatic hydroxyl groups excluding tert-OH is 1. The third-order valence-corrected chi connectivity index (χ3v) is 2.12. The van der Waals surface area contributed by atoms with Crippen molar-refractivity contribution in [2.75, 3.05) is 7.11 Å². The van der Waals surface area contributed by atoms with Gasteiger partial charge in [-0.2, -0.15) is 0 Å². The van der Waals surface area contributed by atoms with Crippen molar-refractivity contribution in [2.45, 2.75) is 19.1 Å². The molecule has 1 rings (SSSR count). The van der Waals surface area contributed by atoms with Crippen LogP contribution in [0.1, 0.15) is 18.6 Å². The topological polar surface area (TPSA) is 75.7 Å². The van der Waals surface area contributed by atoms with E-state index in [9.17, 15) is 14.6 Å². The Morgan fingerprint density at radius 3 is 2.53 bits per heavy atom. The molecule has 4 N–H and O–H groups in total. The first-order chi connectivity index (χ1) is 6.97. The molecule has 0 fully saturated rings. The van der Waals surface area contributed by atoms with Crippen molar-refractivity contribution in [1.29, 1.82) is 0 Å². The van der Waals surface area contributed by atoms with Gasteiger partial charge >= 0.3 is 0 Å². The van der Waals surface area contributed by atoms with Crippen LogP contribution in [0.5, 0.6) is 11.5 Å². The molecule has 0 bridgehead atoms. The first-order valence-corrected chi connectivity index (χ1v) is 4.47. The molecule has 0 radical (unpaired) electrons. The van der Waals surface area contributed by atoms with Gasteiger partial charge in [-0.25, -0.2) is 4.39 Å². The molecule has 4 nitrogen and oxygen atoms in total. The van der Waals surface area contributed by atoms with Crippen molar-refractivity contribution in [3.63, 3.8) is 0 Å². The van der Waals surface area contributed by atoms with E-state index in [2.05, 4.69) is 0 Å². The highest BCUT2D eigenvalue weighted by Crippen LogP contribution is 2.31. The molecule has 0 aliphatic carbocycles. The van der Waals surface area contributed by atoms with Gasteiger partial charge in [0.15, 0.2) is 11.6 Å². The van der Waals surface area contributed by atoms with Gasteiger partial charge in [-0.05, 0) is 13.0 Å². The molecule has 1 aromatic rings. The molecular weight excluding hydrogens is 201 g/mol. The number of hydrogen-bond acceptors (Lipinski definition) is 4. The van der Waals surface area contributed by atoms with Gasteiger partial charge in [0, 0.05) is 17.7 Å². The number of aliphatic hydroxyl groups is 1. The number of phenols is 1. The lowest BCUT2D eigenvalue weighted by molar-refractivity contribution is 0.149. The number of rotatable bonds is 3. The normalized spacial score (nSPS) is 14.7. The van der Waals surface area contributed by atoms with E-state index >= 15 is 0 Å². The van der Waals surface area contributed by atoms with Crippen LogP contribution in [0.15, 0.2) is 12.1 Å². The molecule has 0 saturated carbocycles. The third kappa shape index (κ3) is 2.37. The Morgan fingerprint density at radius 2 is 2.07 bits per heavy atom. The van der Waals surface area contributed by atoms with Crippen LogP contribution in [-0.2, 0) is 0 Å². The molecule has 0 aromatic heterocycles. The van der Waals surface area contributed by atoms with E-state index in [1.807, 2.05) is 0 Å². The van der Waals surface area contributed by atoms with Crippen LogP contribution in [-0.4, -0.2) is 23.4 Å². The molecule has 1 aromatic carbocycles. The maximum absolute atomic E-state index is 13.1. The average molecular weight is 215 g/mol. The fraction of sp³-hybridized carbons (Fsp3) is 0.400. The second-order valence-electron chi connectivity index (χ2n) is 3.35. The summed E-state index contributed by atoms with van der Waals surface area (Å²) in [5, 5.41) is 19.0. The summed E-state index contributed by atoms with van der Waals surface area (Å²) in [6, 6.07) is 1.56. The highest BCUT2D eigenvalue weighted by Gasteiger charge is 2.19. The molecule has 2 atom stereocenters. The Morgan fingerprint density at radius 1 is 1.47 bits per heavy atom. The number of benzene rings is 1. The van der Waals surface area contributed by atoms with Gasteiger partial charge in [0.05, 0.1) is 13.2 Å². The van der Waals surface area contributed by atoms with E-state index in [-0.39, 0.29) is 17.1 Å². The summed E-state index contributed by atoms with van der Waals surface area (Å²) in [6.07, 6.45) is -1.06. The first kappa shape index (κ1) is 11.7. The Labute approximate surface area is 87.1 Å². The summed E-state index contributed by atoms with van der Waals surface area (Å²) in [5.74, 6) is -1.06. The molecule has 0 spiro atoms. The summed E-state index contributed by atoms with van der Waals surface area (Å²) in [7, 11) is 1.30. The number of nitrogens with two attached hydrogens (primary N) is 1. The predicted molar refractivity (Wildman–Crippen MR) is 53.2 cm³/mol. The van der Waals surface area contributed by atoms with Gasteiger partial charge in [-0.15, -0.1) is 0 Å². The molecule has 2 unspecified atom stereocenters. The molecule has 0 heterocycles. The van der Waals surface area contributed by atoms with Gasteiger partial charge in [-0.3, -0.25) is 0 Å². The second kappa shape index (κ2) is 4.46. The smallest absolute Gasteiger partial charge is 0.168 e. The summed E-state index contributed by atoms with van der Waals surface area (Å²) in [4.78, 5) is 0. The number of phenolic OH excluding ortho intramolecular Hbond substituents is 1. The van der Waals surface area contributed by atoms with E-state index in [1.165, 1.54) is 13.2 Å². The van der Waals surface area contributed by atoms with Crippen molar-refractivity contribution in [2.24, 2.45) is 5.73 Å². The number of ether oxygens (including phenoxy) is 1. The minimum Gasteiger partial charge on any atom is -0.507 e. The monoisotopic (exact) mass is 215 g/mol. The summed E-state index contributed by atoms with van der Waals surface area (Å²) in [6.45, 7) is 1.58. The third-order valence-electron chi connectivity index (χ3n) is 2.12.